The van der Waals surface area contributed by atoms with Crippen LogP contribution >= 0.6 is 0 Å². The van der Waals surface area contributed by atoms with Gasteiger partial charge in [-0.2, -0.15) is 13.2 Å². The Morgan fingerprint density at radius 1 is 1.32 bits per heavy atom. The first kappa shape index (κ1) is 15.8. The average molecular weight is 280 g/mol. The summed E-state index contributed by atoms with van der Waals surface area (Å²) in [6, 6.07) is -0.722. The molecule has 2 amide bonds. The lowest BCUT2D eigenvalue weighted by atomic mass is 9.90. The number of hydrogen-bond acceptors (Lipinski definition) is 2. The summed E-state index contributed by atoms with van der Waals surface area (Å²) in [6.45, 7) is 4.41. The molecule has 0 bridgehead atoms. The number of nitrogens with one attached hydrogen (secondary N) is 1. The van der Waals surface area contributed by atoms with E-state index in [-0.39, 0.29) is 12.3 Å². The average Bonchev–Trinajstić information content (AvgIpc) is 2.32. The van der Waals surface area contributed by atoms with Crippen LogP contribution in [-0.2, 0) is 9.59 Å². The third-order valence-corrected chi connectivity index (χ3v) is 3.67. The van der Waals surface area contributed by atoms with Crippen LogP contribution in [0.3, 0.4) is 0 Å². The minimum absolute atomic E-state index is 0.277. The largest absolute Gasteiger partial charge is 0.390 e. The molecule has 2 unspecified atom stereocenters. The molecule has 0 spiro atoms. The van der Waals surface area contributed by atoms with Gasteiger partial charge in [-0.25, -0.2) is 0 Å². The van der Waals surface area contributed by atoms with Crippen molar-refractivity contribution in [3.8, 4) is 0 Å². The summed E-state index contributed by atoms with van der Waals surface area (Å²) in [5.74, 6) is -0.820. The molecule has 7 heteroatoms. The van der Waals surface area contributed by atoms with E-state index in [0.717, 1.165) is 4.90 Å². The van der Waals surface area contributed by atoms with E-state index in [9.17, 15) is 22.8 Å². The number of amides is 2. The van der Waals surface area contributed by atoms with Gasteiger partial charge in [-0.1, -0.05) is 13.8 Å². The van der Waals surface area contributed by atoms with Crippen LogP contribution in [0.15, 0.2) is 0 Å². The SMILES string of the molecule is CCC1NC(=O)C(C)(CC)N(CCC(F)(F)F)C1=O. The molecule has 4 nitrogen and oxygen atoms in total. The van der Waals surface area contributed by atoms with E-state index in [1.165, 1.54) is 6.92 Å². The molecular weight excluding hydrogens is 261 g/mol. The molecule has 110 valence electrons. The Hall–Kier alpha value is -1.27. The van der Waals surface area contributed by atoms with Crippen LogP contribution in [0.2, 0.25) is 0 Å². The highest BCUT2D eigenvalue weighted by Gasteiger charge is 2.48. The van der Waals surface area contributed by atoms with Gasteiger partial charge in [-0.15, -0.1) is 0 Å². The van der Waals surface area contributed by atoms with Gasteiger partial charge < -0.3 is 10.2 Å². The Kier molecular flexibility index (Phi) is 4.47. The lowest BCUT2D eigenvalue weighted by Crippen LogP contribution is -2.69. The van der Waals surface area contributed by atoms with Gasteiger partial charge in [-0.05, 0) is 19.8 Å². The number of alkyl halides is 3. The van der Waals surface area contributed by atoms with Gasteiger partial charge in [0.25, 0.3) is 0 Å². The molecule has 0 aromatic rings. The lowest BCUT2D eigenvalue weighted by molar-refractivity contribution is -0.165. The standard InChI is InChI=1S/C12H19F3N2O2/c1-4-8-9(18)17(7-6-12(13,14)15)11(3,5-2)10(19)16-8/h8H,4-7H2,1-3H3,(H,16,19). The quantitative estimate of drug-likeness (QED) is 0.854. The summed E-state index contributed by atoms with van der Waals surface area (Å²) >= 11 is 0. The van der Waals surface area contributed by atoms with Crippen LogP contribution in [0.4, 0.5) is 13.2 Å². The molecule has 1 aliphatic rings. The molecule has 0 aromatic carbocycles. The number of nitrogens with zero attached hydrogens (tertiary/aromatic N) is 1. The van der Waals surface area contributed by atoms with E-state index in [0.29, 0.717) is 6.42 Å². The Morgan fingerprint density at radius 3 is 2.32 bits per heavy atom. The predicted molar refractivity (Wildman–Crippen MR) is 63.3 cm³/mol. The van der Waals surface area contributed by atoms with Crippen molar-refractivity contribution in [3.05, 3.63) is 0 Å². The maximum atomic E-state index is 12.3. The highest BCUT2D eigenvalue weighted by Crippen LogP contribution is 2.28. The van der Waals surface area contributed by atoms with E-state index in [1.54, 1.807) is 13.8 Å². The monoisotopic (exact) mass is 280 g/mol. The fourth-order valence-electron chi connectivity index (χ4n) is 2.15. The van der Waals surface area contributed by atoms with Crippen molar-refractivity contribution in [2.75, 3.05) is 6.54 Å². The molecule has 1 aliphatic heterocycles. The second-order valence-corrected chi connectivity index (χ2v) is 4.92. The van der Waals surface area contributed by atoms with Crippen LogP contribution in [0.25, 0.3) is 0 Å². The lowest BCUT2D eigenvalue weighted by Gasteiger charge is -2.46. The topological polar surface area (TPSA) is 49.4 Å². The van der Waals surface area contributed by atoms with Crippen LogP contribution in [0, 0.1) is 0 Å². The van der Waals surface area contributed by atoms with E-state index in [2.05, 4.69) is 5.32 Å². The van der Waals surface area contributed by atoms with Gasteiger partial charge in [0, 0.05) is 6.54 Å². The Morgan fingerprint density at radius 2 is 1.89 bits per heavy atom. The molecule has 0 saturated carbocycles. The number of rotatable bonds is 4. The van der Waals surface area contributed by atoms with Crippen molar-refractivity contribution < 1.29 is 22.8 Å². The molecule has 1 saturated heterocycles. The smallest absolute Gasteiger partial charge is 0.342 e. The fraction of sp³-hybridized carbons (Fsp3) is 0.833. The summed E-state index contributed by atoms with van der Waals surface area (Å²) in [5, 5.41) is 2.57. The minimum atomic E-state index is -4.34. The maximum Gasteiger partial charge on any atom is 0.390 e. The first-order valence-corrected chi connectivity index (χ1v) is 6.35. The number of carbonyl (C=O) groups is 2. The zero-order valence-electron chi connectivity index (χ0n) is 11.3. The molecule has 0 radical (unpaired) electrons. The third-order valence-electron chi connectivity index (χ3n) is 3.67. The highest BCUT2D eigenvalue weighted by molar-refractivity contribution is 5.99. The highest BCUT2D eigenvalue weighted by atomic mass is 19.4. The molecule has 1 rings (SSSR count). The number of halogens is 3. The summed E-state index contributed by atoms with van der Waals surface area (Å²) in [5.41, 5.74) is -1.20. The molecule has 19 heavy (non-hydrogen) atoms. The second kappa shape index (κ2) is 5.38. The van der Waals surface area contributed by atoms with Crippen molar-refractivity contribution in [2.24, 2.45) is 0 Å². The van der Waals surface area contributed by atoms with Crippen LogP contribution < -0.4 is 5.32 Å². The maximum absolute atomic E-state index is 12.3. The minimum Gasteiger partial charge on any atom is -0.342 e. The van der Waals surface area contributed by atoms with Gasteiger partial charge in [0.2, 0.25) is 11.8 Å². The van der Waals surface area contributed by atoms with Crippen molar-refractivity contribution in [1.82, 2.24) is 10.2 Å². The van der Waals surface area contributed by atoms with Gasteiger partial charge >= 0.3 is 6.18 Å². The summed E-state index contributed by atoms with van der Waals surface area (Å²) in [7, 11) is 0. The summed E-state index contributed by atoms with van der Waals surface area (Å²) in [6.07, 6.45) is -4.80. The van der Waals surface area contributed by atoms with Crippen molar-refractivity contribution in [3.63, 3.8) is 0 Å². The molecule has 1 fully saturated rings. The van der Waals surface area contributed by atoms with Crippen molar-refractivity contribution in [1.29, 1.82) is 0 Å². The van der Waals surface area contributed by atoms with Crippen molar-refractivity contribution >= 4 is 11.8 Å². The molecular formula is C12H19F3N2O2. The molecule has 1 heterocycles. The van der Waals surface area contributed by atoms with Crippen LogP contribution in [0.5, 0.6) is 0 Å². The zero-order valence-corrected chi connectivity index (χ0v) is 11.3. The Labute approximate surface area is 110 Å². The Bertz CT molecular complexity index is 370. The Balaban J connectivity index is 2.97. The fourth-order valence-corrected chi connectivity index (χ4v) is 2.15. The van der Waals surface area contributed by atoms with Crippen LogP contribution in [-0.4, -0.2) is 41.0 Å². The second-order valence-electron chi connectivity index (χ2n) is 4.92. The van der Waals surface area contributed by atoms with Gasteiger partial charge in [0.15, 0.2) is 0 Å². The van der Waals surface area contributed by atoms with Crippen molar-refractivity contribution in [2.45, 2.75) is 57.8 Å². The molecule has 0 aliphatic carbocycles. The van der Waals surface area contributed by atoms with E-state index in [4.69, 9.17) is 0 Å². The van der Waals surface area contributed by atoms with E-state index >= 15 is 0 Å². The predicted octanol–water partition coefficient (Wildman–Crippen LogP) is 1.84. The number of piperazine rings is 1. The van der Waals surface area contributed by atoms with Gasteiger partial charge in [-0.3, -0.25) is 9.59 Å². The third kappa shape index (κ3) is 3.19. The molecule has 1 N–H and O–H groups in total. The zero-order chi connectivity index (χ0) is 14.8. The normalized spacial score (nSPS) is 28.5. The summed E-state index contributed by atoms with van der Waals surface area (Å²) in [4.78, 5) is 25.2. The van der Waals surface area contributed by atoms with E-state index in [1.807, 2.05) is 0 Å². The molecule has 2 atom stereocenters. The molecule has 0 aromatic heterocycles. The number of carbonyl (C=O) groups excluding carboxylic acids is 2. The van der Waals surface area contributed by atoms with E-state index < -0.39 is 36.6 Å². The first-order valence-electron chi connectivity index (χ1n) is 6.35. The van der Waals surface area contributed by atoms with Gasteiger partial charge in [0.1, 0.15) is 11.6 Å². The van der Waals surface area contributed by atoms with Gasteiger partial charge in [0.05, 0.1) is 6.42 Å². The number of hydrogen-bond donors (Lipinski definition) is 1. The van der Waals surface area contributed by atoms with Crippen LogP contribution in [0.1, 0.15) is 40.0 Å². The summed E-state index contributed by atoms with van der Waals surface area (Å²) < 4.78 is 37.0. The first-order chi connectivity index (χ1) is 8.65.